The monoisotopic (exact) mass is 284 g/mol. The van der Waals surface area contributed by atoms with E-state index in [0.29, 0.717) is 24.1 Å². The van der Waals surface area contributed by atoms with Gasteiger partial charge in [-0.25, -0.2) is 9.37 Å². The van der Waals surface area contributed by atoms with Gasteiger partial charge in [0.15, 0.2) is 0 Å². The largest absolute Gasteiger partial charge is 0.311 e. The third kappa shape index (κ3) is 2.69. The van der Waals surface area contributed by atoms with E-state index in [1.165, 1.54) is 23.0 Å². The minimum Gasteiger partial charge on any atom is -0.311 e. The first-order valence-electron chi connectivity index (χ1n) is 6.65. The molecule has 3 rings (SSSR count). The van der Waals surface area contributed by atoms with Gasteiger partial charge in [-0.2, -0.15) is 5.26 Å². The molecule has 0 unspecified atom stereocenters. The van der Waals surface area contributed by atoms with Crippen LogP contribution in [0.25, 0.3) is 0 Å². The summed E-state index contributed by atoms with van der Waals surface area (Å²) in [5.74, 6) is -0.479. The highest BCUT2D eigenvalue weighted by Gasteiger charge is 2.15. The van der Waals surface area contributed by atoms with Crippen LogP contribution in [0.4, 0.5) is 4.39 Å². The first kappa shape index (κ1) is 13.5. The molecule has 0 spiro atoms. The molecule has 0 radical (unpaired) electrons. The number of nitrogens with zero attached hydrogens (tertiary/aromatic N) is 3. The molecule has 1 aliphatic rings. The Bertz CT molecular complexity index is 791. The molecule has 106 valence electrons. The fourth-order valence-electron chi connectivity index (χ4n) is 2.51. The van der Waals surface area contributed by atoms with E-state index in [9.17, 15) is 9.18 Å². The van der Waals surface area contributed by atoms with Crippen molar-refractivity contribution in [2.24, 2.45) is 0 Å². The average Bonchev–Trinajstić information content (AvgIpc) is 2.50. The highest BCUT2D eigenvalue weighted by atomic mass is 19.1. The number of halogens is 1. The molecule has 0 amide bonds. The van der Waals surface area contributed by atoms with Crippen LogP contribution in [0.3, 0.4) is 0 Å². The number of benzene rings is 1. The van der Waals surface area contributed by atoms with Crippen molar-refractivity contribution in [2.45, 2.75) is 19.5 Å². The Morgan fingerprint density at radius 2 is 2.29 bits per heavy atom. The summed E-state index contributed by atoms with van der Waals surface area (Å²) in [6.07, 6.45) is 2.12. The normalized spacial score (nSPS) is 13.5. The van der Waals surface area contributed by atoms with Crippen LogP contribution < -0.4 is 10.9 Å². The lowest BCUT2D eigenvalue weighted by Crippen LogP contribution is -2.34. The smallest absolute Gasteiger partial charge is 0.257 e. The summed E-state index contributed by atoms with van der Waals surface area (Å²) in [5.41, 5.74) is 2.22. The number of nitriles is 1. The van der Waals surface area contributed by atoms with Crippen molar-refractivity contribution in [1.29, 1.82) is 5.26 Å². The SMILES string of the molecule is N#Cc1cc(F)cc(Cn2cnc3c(c2=O)CCNC3)c1. The molecule has 0 atom stereocenters. The van der Waals surface area contributed by atoms with Crippen molar-refractivity contribution in [3.05, 3.63) is 63.1 Å². The van der Waals surface area contributed by atoms with Gasteiger partial charge in [0.25, 0.3) is 5.56 Å². The lowest BCUT2D eigenvalue weighted by atomic mass is 10.1. The molecule has 1 N–H and O–H groups in total. The maximum absolute atomic E-state index is 13.4. The third-order valence-electron chi connectivity index (χ3n) is 3.50. The van der Waals surface area contributed by atoms with Gasteiger partial charge in [0.05, 0.1) is 30.2 Å². The molecule has 0 saturated carbocycles. The molecule has 0 fully saturated rings. The van der Waals surface area contributed by atoms with Gasteiger partial charge in [-0.1, -0.05) is 0 Å². The van der Waals surface area contributed by atoms with Gasteiger partial charge in [0.2, 0.25) is 0 Å². The number of nitrogens with one attached hydrogen (secondary N) is 1. The molecule has 2 aromatic rings. The number of aromatic nitrogens is 2. The quantitative estimate of drug-likeness (QED) is 0.891. The lowest BCUT2D eigenvalue weighted by Gasteiger charge is -2.17. The second kappa shape index (κ2) is 5.46. The molecule has 5 nitrogen and oxygen atoms in total. The summed E-state index contributed by atoms with van der Waals surface area (Å²) < 4.78 is 14.9. The molecule has 0 bridgehead atoms. The van der Waals surface area contributed by atoms with E-state index >= 15 is 0 Å². The fourth-order valence-corrected chi connectivity index (χ4v) is 2.51. The Morgan fingerprint density at radius 3 is 3.10 bits per heavy atom. The van der Waals surface area contributed by atoms with Crippen molar-refractivity contribution < 1.29 is 4.39 Å². The minimum atomic E-state index is -0.479. The lowest BCUT2D eigenvalue weighted by molar-refractivity contribution is 0.593. The first-order chi connectivity index (χ1) is 10.2. The predicted octanol–water partition coefficient (Wildman–Crippen LogP) is 0.948. The Morgan fingerprint density at radius 1 is 1.43 bits per heavy atom. The van der Waals surface area contributed by atoms with Gasteiger partial charge in [-0.3, -0.25) is 9.36 Å². The van der Waals surface area contributed by atoms with Crippen LogP contribution in [-0.2, 0) is 19.5 Å². The van der Waals surface area contributed by atoms with E-state index in [2.05, 4.69) is 10.3 Å². The van der Waals surface area contributed by atoms with Crippen molar-refractivity contribution in [3.8, 4) is 6.07 Å². The minimum absolute atomic E-state index is 0.0933. The summed E-state index contributed by atoms with van der Waals surface area (Å²) >= 11 is 0. The maximum Gasteiger partial charge on any atom is 0.257 e. The van der Waals surface area contributed by atoms with E-state index in [-0.39, 0.29) is 17.7 Å². The van der Waals surface area contributed by atoms with Crippen LogP contribution in [0, 0.1) is 17.1 Å². The van der Waals surface area contributed by atoms with Crippen molar-refractivity contribution in [2.75, 3.05) is 6.54 Å². The van der Waals surface area contributed by atoms with Gasteiger partial charge in [0, 0.05) is 12.1 Å². The standard InChI is InChI=1S/C15H13FN4O/c16-12-4-10(6-17)3-11(5-12)8-20-9-19-14-7-18-2-1-13(14)15(20)21/h3-5,9,18H,1-2,7-8H2. The van der Waals surface area contributed by atoms with Crippen LogP contribution in [0.5, 0.6) is 0 Å². The van der Waals surface area contributed by atoms with Crippen molar-refractivity contribution >= 4 is 0 Å². The van der Waals surface area contributed by atoms with Crippen LogP contribution in [0.15, 0.2) is 29.3 Å². The zero-order chi connectivity index (χ0) is 14.8. The zero-order valence-corrected chi connectivity index (χ0v) is 11.3. The Hall–Kier alpha value is -2.52. The topological polar surface area (TPSA) is 70.7 Å². The molecule has 1 aromatic carbocycles. The van der Waals surface area contributed by atoms with E-state index in [1.807, 2.05) is 6.07 Å². The zero-order valence-electron chi connectivity index (χ0n) is 11.3. The summed E-state index contributed by atoms with van der Waals surface area (Å²) in [4.78, 5) is 16.7. The van der Waals surface area contributed by atoms with Gasteiger partial charge >= 0.3 is 0 Å². The van der Waals surface area contributed by atoms with Crippen LogP contribution in [0.1, 0.15) is 22.4 Å². The molecule has 6 heteroatoms. The number of rotatable bonds is 2. The van der Waals surface area contributed by atoms with Gasteiger partial charge in [-0.15, -0.1) is 0 Å². The highest BCUT2D eigenvalue weighted by Crippen LogP contribution is 2.11. The molecule has 2 heterocycles. The Kier molecular flexibility index (Phi) is 3.50. The molecule has 0 saturated heterocycles. The average molecular weight is 284 g/mol. The molecular weight excluding hydrogens is 271 g/mol. The number of hydrogen-bond donors (Lipinski definition) is 1. The highest BCUT2D eigenvalue weighted by molar-refractivity contribution is 5.34. The van der Waals surface area contributed by atoms with Crippen molar-refractivity contribution in [1.82, 2.24) is 14.9 Å². The van der Waals surface area contributed by atoms with E-state index < -0.39 is 5.82 Å². The number of fused-ring (bicyclic) bond motifs is 1. The van der Waals surface area contributed by atoms with Gasteiger partial charge in [-0.05, 0) is 36.7 Å². The van der Waals surface area contributed by atoms with Crippen molar-refractivity contribution in [3.63, 3.8) is 0 Å². The molecule has 1 aromatic heterocycles. The first-order valence-corrected chi connectivity index (χ1v) is 6.65. The molecular formula is C15H13FN4O. The second-order valence-corrected chi connectivity index (χ2v) is 4.99. The predicted molar refractivity (Wildman–Crippen MR) is 74.1 cm³/mol. The van der Waals surface area contributed by atoms with E-state index in [4.69, 9.17) is 5.26 Å². The van der Waals surface area contributed by atoms with Crippen LogP contribution in [0.2, 0.25) is 0 Å². The fraction of sp³-hybridized carbons (Fsp3) is 0.267. The summed E-state index contributed by atoms with van der Waals surface area (Å²) in [5, 5.41) is 12.0. The molecule has 21 heavy (non-hydrogen) atoms. The summed E-state index contributed by atoms with van der Waals surface area (Å²) in [6.45, 7) is 1.56. The van der Waals surface area contributed by atoms with E-state index in [0.717, 1.165) is 12.2 Å². The van der Waals surface area contributed by atoms with Gasteiger partial charge in [0.1, 0.15) is 5.82 Å². The molecule has 1 aliphatic heterocycles. The Balaban J connectivity index is 1.98. The third-order valence-corrected chi connectivity index (χ3v) is 3.50. The summed E-state index contributed by atoms with van der Waals surface area (Å²) in [6, 6.07) is 5.98. The Labute approximate surface area is 120 Å². The van der Waals surface area contributed by atoms with Crippen LogP contribution >= 0.6 is 0 Å². The number of hydrogen-bond acceptors (Lipinski definition) is 4. The maximum atomic E-state index is 13.4. The molecule has 0 aliphatic carbocycles. The van der Waals surface area contributed by atoms with Gasteiger partial charge < -0.3 is 5.32 Å². The summed E-state index contributed by atoms with van der Waals surface area (Å²) in [7, 11) is 0. The van der Waals surface area contributed by atoms with E-state index in [1.54, 1.807) is 6.07 Å². The van der Waals surface area contributed by atoms with Crippen LogP contribution in [-0.4, -0.2) is 16.1 Å². The second-order valence-electron chi connectivity index (χ2n) is 4.99.